The first-order valence-electron chi connectivity index (χ1n) is 7.27. The molecule has 116 valence electrons. The molecule has 2 heterocycles. The molecule has 0 bridgehead atoms. The SMILES string of the molecule is CCOc1ccc(NC(=O)c2cc(-c3ccccn3)n[nH]2)cc1. The maximum atomic E-state index is 12.2. The lowest BCUT2D eigenvalue weighted by Crippen LogP contribution is -2.12. The number of aromatic nitrogens is 3. The molecule has 23 heavy (non-hydrogen) atoms. The highest BCUT2D eigenvalue weighted by Gasteiger charge is 2.11. The largest absolute Gasteiger partial charge is 0.494 e. The molecule has 1 aromatic carbocycles. The summed E-state index contributed by atoms with van der Waals surface area (Å²) < 4.78 is 5.37. The van der Waals surface area contributed by atoms with E-state index in [0.717, 1.165) is 5.75 Å². The van der Waals surface area contributed by atoms with Crippen molar-refractivity contribution in [1.82, 2.24) is 15.2 Å². The number of pyridine rings is 1. The van der Waals surface area contributed by atoms with E-state index in [2.05, 4.69) is 20.5 Å². The molecule has 0 spiro atoms. The highest BCUT2D eigenvalue weighted by molar-refractivity contribution is 6.03. The molecule has 6 nitrogen and oxygen atoms in total. The van der Waals surface area contributed by atoms with Gasteiger partial charge in [-0.05, 0) is 49.4 Å². The Morgan fingerprint density at radius 2 is 2.00 bits per heavy atom. The number of anilines is 1. The van der Waals surface area contributed by atoms with Gasteiger partial charge in [-0.15, -0.1) is 0 Å². The second-order valence-corrected chi connectivity index (χ2v) is 4.79. The Labute approximate surface area is 133 Å². The Kier molecular flexibility index (Phi) is 4.33. The van der Waals surface area contributed by atoms with Gasteiger partial charge in [0.1, 0.15) is 17.1 Å². The lowest BCUT2D eigenvalue weighted by molar-refractivity contribution is 0.102. The topological polar surface area (TPSA) is 79.9 Å². The molecule has 0 unspecified atom stereocenters. The van der Waals surface area contributed by atoms with Crippen molar-refractivity contribution < 1.29 is 9.53 Å². The van der Waals surface area contributed by atoms with Crippen LogP contribution < -0.4 is 10.1 Å². The van der Waals surface area contributed by atoms with Gasteiger partial charge in [0.2, 0.25) is 0 Å². The summed E-state index contributed by atoms with van der Waals surface area (Å²) in [4.78, 5) is 16.4. The average molecular weight is 308 g/mol. The third-order valence-electron chi connectivity index (χ3n) is 3.17. The number of carbonyl (C=O) groups excluding carboxylic acids is 1. The second kappa shape index (κ2) is 6.74. The fraction of sp³-hybridized carbons (Fsp3) is 0.118. The van der Waals surface area contributed by atoms with Crippen LogP contribution in [0, 0.1) is 0 Å². The maximum Gasteiger partial charge on any atom is 0.273 e. The molecule has 0 atom stereocenters. The molecular weight excluding hydrogens is 292 g/mol. The van der Waals surface area contributed by atoms with Crippen LogP contribution >= 0.6 is 0 Å². The van der Waals surface area contributed by atoms with Gasteiger partial charge in [-0.1, -0.05) is 6.07 Å². The van der Waals surface area contributed by atoms with E-state index in [1.54, 1.807) is 24.4 Å². The molecule has 6 heteroatoms. The van der Waals surface area contributed by atoms with Gasteiger partial charge in [0.05, 0.1) is 12.3 Å². The lowest BCUT2D eigenvalue weighted by Gasteiger charge is -2.05. The predicted octanol–water partition coefficient (Wildman–Crippen LogP) is 3.12. The fourth-order valence-corrected chi connectivity index (χ4v) is 2.08. The van der Waals surface area contributed by atoms with Crippen LogP contribution in [0.5, 0.6) is 5.75 Å². The van der Waals surface area contributed by atoms with Gasteiger partial charge >= 0.3 is 0 Å². The smallest absolute Gasteiger partial charge is 0.273 e. The minimum atomic E-state index is -0.260. The first-order valence-corrected chi connectivity index (χ1v) is 7.27. The highest BCUT2D eigenvalue weighted by atomic mass is 16.5. The van der Waals surface area contributed by atoms with Gasteiger partial charge in [-0.25, -0.2) is 0 Å². The van der Waals surface area contributed by atoms with Crippen LogP contribution in [0.15, 0.2) is 54.7 Å². The van der Waals surface area contributed by atoms with Crippen molar-refractivity contribution in [2.24, 2.45) is 0 Å². The van der Waals surface area contributed by atoms with Crippen LogP contribution in [0.2, 0.25) is 0 Å². The van der Waals surface area contributed by atoms with E-state index < -0.39 is 0 Å². The van der Waals surface area contributed by atoms with E-state index in [4.69, 9.17) is 4.74 Å². The van der Waals surface area contributed by atoms with Crippen LogP contribution in [0.25, 0.3) is 11.4 Å². The Hall–Kier alpha value is -3.15. The monoisotopic (exact) mass is 308 g/mol. The van der Waals surface area contributed by atoms with E-state index in [1.807, 2.05) is 37.3 Å². The zero-order chi connectivity index (χ0) is 16.1. The van der Waals surface area contributed by atoms with Crippen LogP contribution in [0.1, 0.15) is 17.4 Å². The van der Waals surface area contributed by atoms with Gasteiger partial charge in [-0.2, -0.15) is 5.10 Å². The molecule has 2 N–H and O–H groups in total. The number of aromatic amines is 1. The molecule has 0 fully saturated rings. The van der Waals surface area contributed by atoms with Gasteiger partial charge in [-0.3, -0.25) is 14.9 Å². The molecular formula is C17H16N4O2. The summed E-state index contributed by atoms with van der Waals surface area (Å²) in [5.74, 6) is 0.508. The molecule has 3 rings (SSSR count). The quantitative estimate of drug-likeness (QED) is 0.759. The number of nitrogens with one attached hydrogen (secondary N) is 2. The van der Waals surface area contributed by atoms with Gasteiger partial charge in [0.15, 0.2) is 0 Å². The molecule has 0 aliphatic rings. The summed E-state index contributed by atoms with van der Waals surface area (Å²) >= 11 is 0. The van der Waals surface area contributed by atoms with E-state index in [0.29, 0.717) is 29.4 Å². The van der Waals surface area contributed by atoms with Crippen LogP contribution in [-0.4, -0.2) is 27.7 Å². The Balaban J connectivity index is 1.70. The third-order valence-corrected chi connectivity index (χ3v) is 3.17. The molecule has 2 aromatic heterocycles. The first-order chi connectivity index (χ1) is 11.3. The Morgan fingerprint density at radius 3 is 2.70 bits per heavy atom. The van der Waals surface area contributed by atoms with E-state index in [1.165, 1.54) is 0 Å². The molecule has 0 radical (unpaired) electrons. The van der Waals surface area contributed by atoms with Crippen molar-refractivity contribution in [3.63, 3.8) is 0 Å². The number of hydrogen-bond donors (Lipinski definition) is 2. The Bertz CT molecular complexity index is 782. The standard InChI is InChI=1S/C17H16N4O2/c1-2-23-13-8-6-12(7-9-13)19-17(22)16-11-15(20-21-16)14-5-3-4-10-18-14/h3-11H,2H2,1H3,(H,19,22)(H,20,21). The number of amides is 1. The van der Waals surface area contributed by atoms with Crippen molar-refractivity contribution >= 4 is 11.6 Å². The van der Waals surface area contributed by atoms with Crippen molar-refractivity contribution in [1.29, 1.82) is 0 Å². The zero-order valence-corrected chi connectivity index (χ0v) is 12.6. The minimum absolute atomic E-state index is 0.260. The normalized spacial score (nSPS) is 10.3. The van der Waals surface area contributed by atoms with E-state index >= 15 is 0 Å². The highest BCUT2D eigenvalue weighted by Crippen LogP contribution is 2.18. The molecule has 0 aliphatic heterocycles. The summed E-state index contributed by atoms with van der Waals surface area (Å²) in [5, 5.41) is 9.65. The van der Waals surface area contributed by atoms with Gasteiger partial charge < -0.3 is 10.1 Å². The number of H-pyrrole nitrogens is 1. The number of nitrogens with zero attached hydrogens (tertiary/aromatic N) is 2. The van der Waals surface area contributed by atoms with E-state index in [9.17, 15) is 4.79 Å². The average Bonchev–Trinajstić information content (AvgIpc) is 3.08. The Morgan fingerprint density at radius 1 is 1.17 bits per heavy atom. The van der Waals surface area contributed by atoms with E-state index in [-0.39, 0.29) is 5.91 Å². The number of carbonyl (C=O) groups is 1. The zero-order valence-electron chi connectivity index (χ0n) is 12.6. The van der Waals surface area contributed by atoms with Crippen LogP contribution in [0.4, 0.5) is 5.69 Å². The third kappa shape index (κ3) is 3.55. The van der Waals surface area contributed by atoms with Crippen LogP contribution in [0.3, 0.4) is 0 Å². The number of rotatable bonds is 5. The van der Waals surface area contributed by atoms with Gasteiger partial charge in [0.25, 0.3) is 5.91 Å². The van der Waals surface area contributed by atoms with Crippen molar-refractivity contribution in [2.75, 3.05) is 11.9 Å². The summed E-state index contributed by atoms with van der Waals surface area (Å²) in [6.07, 6.45) is 1.68. The molecule has 3 aromatic rings. The summed E-state index contributed by atoms with van der Waals surface area (Å²) in [5.41, 5.74) is 2.40. The number of benzene rings is 1. The number of ether oxygens (including phenoxy) is 1. The molecule has 0 saturated carbocycles. The fourth-order valence-electron chi connectivity index (χ4n) is 2.08. The predicted molar refractivity (Wildman–Crippen MR) is 87.4 cm³/mol. The first kappa shape index (κ1) is 14.8. The molecule has 1 amide bonds. The maximum absolute atomic E-state index is 12.2. The number of hydrogen-bond acceptors (Lipinski definition) is 4. The lowest BCUT2D eigenvalue weighted by atomic mass is 10.2. The molecule has 0 saturated heterocycles. The summed E-state index contributed by atoms with van der Waals surface area (Å²) in [7, 11) is 0. The minimum Gasteiger partial charge on any atom is -0.494 e. The molecule has 0 aliphatic carbocycles. The van der Waals surface area contributed by atoms with Gasteiger partial charge in [0, 0.05) is 11.9 Å². The van der Waals surface area contributed by atoms with Crippen LogP contribution in [-0.2, 0) is 0 Å². The summed E-state index contributed by atoms with van der Waals surface area (Å²) in [6, 6.07) is 14.4. The van der Waals surface area contributed by atoms with Crippen molar-refractivity contribution in [2.45, 2.75) is 6.92 Å². The van der Waals surface area contributed by atoms with Crippen molar-refractivity contribution in [3.05, 3.63) is 60.4 Å². The van der Waals surface area contributed by atoms with Crippen molar-refractivity contribution in [3.8, 4) is 17.1 Å². The second-order valence-electron chi connectivity index (χ2n) is 4.79. The summed E-state index contributed by atoms with van der Waals surface area (Å²) in [6.45, 7) is 2.53.